The van der Waals surface area contributed by atoms with E-state index in [1.54, 1.807) is 11.3 Å². The molecule has 108 valence electrons. The first-order valence-corrected chi connectivity index (χ1v) is 8.34. The van der Waals surface area contributed by atoms with Crippen molar-refractivity contribution in [3.05, 3.63) is 52.0 Å². The van der Waals surface area contributed by atoms with Gasteiger partial charge in [0.15, 0.2) is 0 Å². The van der Waals surface area contributed by atoms with Crippen LogP contribution in [0.15, 0.2) is 35.7 Å². The molecule has 1 N–H and O–H groups in total. The summed E-state index contributed by atoms with van der Waals surface area (Å²) in [7, 11) is 0. The summed E-state index contributed by atoms with van der Waals surface area (Å²) in [6.07, 6.45) is 4.65. The molecule has 0 bridgehead atoms. The summed E-state index contributed by atoms with van der Waals surface area (Å²) in [5.74, 6) is 0. The molecular formula is C17H24N2S. The fourth-order valence-electron chi connectivity index (χ4n) is 2.52. The minimum absolute atomic E-state index is 0.546. The number of rotatable bonds is 8. The normalized spacial score (nSPS) is 12.5. The highest BCUT2D eigenvalue weighted by Gasteiger charge is 2.10. The zero-order valence-electron chi connectivity index (χ0n) is 12.4. The highest BCUT2D eigenvalue weighted by molar-refractivity contribution is 7.09. The van der Waals surface area contributed by atoms with Gasteiger partial charge in [0.05, 0.1) is 10.7 Å². The molecule has 1 aromatic heterocycles. The van der Waals surface area contributed by atoms with Crippen LogP contribution in [0.2, 0.25) is 0 Å². The van der Waals surface area contributed by atoms with Crippen molar-refractivity contribution in [2.75, 3.05) is 6.54 Å². The van der Waals surface area contributed by atoms with E-state index in [0.29, 0.717) is 6.04 Å². The van der Waals surface area contributed by atoms with Gasteiger partial charge >= 0.3 is 0 Å². The Morgan fingerprint density at radius 3 is 2.70 bits per heavy atom. The molecule has 0 saturated carbocycles. The minimum atomic E-state index is 0.546. The van der Waals surface area contributed by atoms with Gasteiger partial charge < -0.3 is 5.32 Å². The number of likely N-dealkylation sites (N-methyl/N-ethyl adjacent to an activating group) is 1. The van der Waals surface area contributed by atoms with Crippen LogP contribution < -0.4 is 5.32 Å². The summed E-state index contributed by atoms with van der Waals surface area (Å²) >= 11 is 1.75. The molecule has 0 saturated heterocycles. The molecule has 2 nitrogen and oxygen atoms in total. The van der Waals surface area contributed by atoms with Gasteiger partial charge in [-0.2, -0.15) is 0 Å². The number of hydrogen-bond donors (Lipinski definition) is 1. The second-order valence-electron chi connectivity index (χ2n) is 5.19. The summed E-state index contributed by atoms with van der Waals surface area (Å²) in [4.78, 5) is 4.58. The molecule has 20 heavy (non-hydrogen) atoms. The molecule has 2 aromatic rings. The molecule has 0 amide bonds. The molecular weight excluding hydrogens is 264 g/mol. The third-order valence-electron chi connectivity index (χ3n) is 3.48. The van der Waals surface area contributed by atoms with Crippen molar-refractivity contribution in [2.45, 2.75) is 45.6 Å². The predicted molar refractivity (Wildman–Crippen MR) is 87.4 cm³/mol. The van der Waals surface area contributed by atoms with Gasteiger partial charge in [-0.3, -0.25) is 0 Å². The van der Waals surface area contributed by atoms with Crippen molar-refractivity contribution in [1.82, 2.24) is 10.3 Å². The molecule has 0 radical (unpaired) electrons. The van der Waals surface area contributed by atoms with E-state index >= 15 is 0 Å². The number of hydrogen-bond acceptors (Lipinski definition) is 3. The zero-order chi connectivity index (χ0) is 14.2. The smallest absolute Gasteiger partial charge is 0.0897 e. The summed E-state index contributed by atoms with van der Waals surface area (Å²) in [5.41, 5.74) is 2.67. The zero-order valence-corrected chi connectivity index (χ0v) is 13.2. The summed E-state index contributed by atoms with van der Waals surface area (Å²) in [5, 5.41) is 6.95. The van der Waals surface area contributed by atoms with E-state index in [1.165, 1.54) is 35.5 Å². The van der Waals surface area contributed by atoms with E-state index in [4.69, 9.17) is 0 Å². The third kappa shape index (κ3) is 5.06. The largest absolute Gasteiger partial charge is 0.314 e. The van der Waals surface area contributed by atoms with Crippen LogP contribution in [0.5, 0.6) is 0 Å². The molecule has 0 aliphatic rings. The quantitative estimate of drug-likeness (QED) is 0.794. The van der Waals surface area contributed by atoms with Crippen LogP contribution in [0.3, 0.4) is 0 Å². The van der Waals surface area contributed by atoms with Crippen LogP contribution in [-0.2, 0) is 12.8 Å². The minimum Gasteiger partial charge on any atom is -0.314 e. The first-order chi connectivity index (χ1) is 9.78. The number of aryl methyl sites for hydroxylation is 2. The first kappa shape index (κ1) is 15.2. The Labute approximate surface area is 126 Å². The highest BCUT2D eigenvalue weighted by atomic mass is 32.1. The third-order valence-corrected chi connectivity index (χ3v) is 4.30. The maximum Gasteiger partial charge on any atom is 0.0897 e. The number of thiazole rings is 1. The molecule has 1 unspecified atom stereocenters. The van der Waals surface area contributed by atoms with Crippen molar-refractivity contribution >= 4 is 11.3 Å². The number of benzene rings is 1. The van der Waals surface area contributed by atoms with E-state index in [0.717, 1.165) is 13.0 Å². The number of aromatic nitrogens is 1. The molecule has 0 aliphatic heterocycles. The fraction of sp³-hybridized carbons (Fsp3) is 0.471. The van der Waals surface area contributed by atoms with Gasteiger partial charge in [-0.25, -0.2) is 4.98 Å². The average Bonchev–Trinajstić information content (AvgIpc) is 2.85. The maximum absolute atomic E-state index is 4.58. The molecule has 3 heteroatoms. The van der Waals surface area contributed by atoms with Gasteiger partial charge in [0.25, 0.3) is 0 Å². The lowest BCUT2D eigenvalue weighted by atomic mass is 10.0. The lowest BCUT2D eigenvalue weighted by Gasteiger charge is -2.16. The summed E-state index contributed by atoms with van der Waals surface area (Å²) < 4.78 is 0. The van der Waals surface area contributed by atoms with E-state index in [1.807, 2.05) is 0 Å². The van der Waals surface area contributed by atoms with Gasteiger partial charge in [-0.15, -0.1) is 11.3 Å². The van der Waals surface area contributed by atoms with Crippen LogP contribution in [0, 0.1) is 6.92 Å². The standard InChI is InChI=1S/C17H24N2S/c1-3-18-16(12-17-13-20-14(2)19-17)11-7-10-15-8-5-4-6-9-15/h4-6,8-9,13,16,18H,3,7,10-12H2,1-2H3. The van der Waals surface area contributed by atoms with Crippen LogP contribution in [0.1, 0.15) is 36.0 Å². The van der Waals surface area contributed by atoms with Crippen LogP contribution in [-0.4, -0.2) is 17.6 Å². The molecule has 0 spiro atoms. The number of nitrogens with zero attached hydrogens (tertiary/aromatic N) is 1. The monoisotopic (exact) mass is 288 g/mol. The fourth-order valence-corrected chi connectivity index (χ4v) is 3.14. The second kappa shape index (κ2) is 8.18. The van der Waals surface area contributed by atoms with Crippen LogP contribution in [0.25, 0.3) is 0 Å². The van der Waals surface area contributed by atoms with Crippen LogP contribution in [0.4, 0.5) is 0 Å². The lowest BCUT2D eigenvalue weighted by molar-refractivity contribution is 0.473. The molecule has 0 aliphatic carbocycles. The maximum atomic E-state index is 4.58. The van der Waals surface area contributed by atoms with Gasteiger partial charge in [-0.1, -0.05) is 37.3 Å². The Kier molecular flexibility index (Phi) is 6.22. The number of nitrogens with one attached hydrogen (secondary N) is 1. The summed E-state index contributed by atoms with van der Waals surface area (Å²) in [6.45, 7) is 5.28. The Morgan fingerprint density at radius 2 is 2.05 bits per heavy atom. The molecule has 1 heterocycles. The van der Waals surface area contributed by atoms with Gasteiger partial charge in [0.2, 0.25) is 0 Å². The Balaban J connectivity index is 1.80. The van der Waals surface area contributed by atoms with E-state index < -0.39 is 0 Å². The SMILES string of the molecule is CCNC(CCCc1ccccc1)Cc1csc(C)n1. The highest BCUT2D eigenvalue weighted by Crippen LogP contribution is 2.13. The van der Waals surface area contributed by atoms with Crippen LogP contribution >= 0.6 is 11.3 Å². The topological polar surface area (TPSA) is 24.9 Å². The van der Waals surface area contributed by atoms with Crippen molar-refractivity contribution in [3.8, 4) is 0 Å². The van der Waals surface area contributed by atoms with Gasteiger partial charge in [-0.05, 0) is 38.3 Å². The van der Waals surface area contributed by atoms with Crippen molar-refractivity contribution in [2.24, 2.45) is 0 Å². The van der Waals surface area contributed by atoms with E-state index in [2.05, 4.69) is 59.9 Å². The van der Waals surface area contributed by atoms with Gasteiger partial charge in [0.1, 0.15) is 0 Å². The Hall–Kier alpha value is -1.19. The van der Waals surface area contributed by atoms with Crippen molar-refractivity contribution in [3.63, 3.8) is 0 Å². The molecule has 1 aromatic carbocycles. The average molecular weight is 288 g/mol. The molecule has 0 fully saturated rings. The predicted octanol–water partition coefficient (Wildman–Crippen LogP) is 4.00. The molecule has 2 rings (SSSR count). The Morgan fingerprint density at radius 1 is 1.25 bits per heavy atom. The first-order valence-electron chi connectivity index (χ1n) is 7.46. The van der Waals surface area contributed by atoms with E-state index in [-0.39, 0.29) is 0 Å². The van der Waals surface area contributed by atoms with Crippen molar-refractivity contribution in [1.29, 1.82) is 0 Å². The Bertz CT molecular complexity index is 493. The second-order valence-corrected chi connectivity index (χ2v) is 6.26. The summed E-state index contributed by atoms with van der Waals surface area (Å²) in [6, 6.07) is 11.3. The molecule has 1 atom stereocenters. The van der Waals surface area contributed by atoms with Crippen molar-refractivity contribution < 1.29 is 0 Å². The van der Waals surface area contributed by atoms with E-state index in [9.17, 15) is 0 Å². The van der Waals surface area contributed by atoms with Gasteiger partial charge in [0, 0.05) is 17.8 Å². The lowest BCUT2D eigenvalue weighted by Crippen LogP contribution is -2.31.